The van der Waals surface area contributed by atoms with E-state index in [2.05, 4.69) is 10.2 Å². The van der Waals surface area contributed by atoms with Gasteiger partial charge in [0, 0.05) is 35.4 Å². The monoisotopic (exact) mass is 293 g/mol. The first kappa shape index (κ1) is 12.8. The van der Waals surface area contributed by atoms with Crippen molar-refractivity contribution in [2.75, 3.05) is 35.2 Å². The zero-order valence-electron chi connectivity index (χ0n) is 8.87. The van der Waals surface area contributed by atoms with Crippen LogP contribution in [0.1, 0.15) is 0 Å². The molecule has 6 nitrogen and oxygen atoms in total. The summed E-state index contributed by atoms with van der Waals surface area (Å²) in [5.74, 6) is 0.465. The summed E-state index contributed by atoms with van der Waals surface area (Å²) in [4.78, 5) is 12.5. The molecule has 0 bridgehead atoms. The van der Waals surface area contributed by atoms with Crippen molar-refractivity contribution in [3.05, 3.63) is 0 Å². The Labute approximate surface area is 109 Å². The number of rotatable bonds is 4. The second-order valence-electron chi connectivity index (χ2n) is 3.37. The smallest absolute Gasteiger partial charge is 0.313 e. The minimum absolute atomic E-state index is 0.00134. The molecule has 17 heavy (non-hydrogen) atoms. The summed E-state index contributed by atoms with van der Waals surface area (Å²) in [5, 5.41) is 17.3. The number of hydrogen-bond donors (Lipinski definition) is 1. The Morgan fingerprint density at radius 1 is 1.47 bits per heavy atom. The zero-order chi connectivity index (χ0) is 12.3. The van der Waals surface area contributed by atoms with Gasteiger partial charge in [0.2, 0.25) is 5.13 Å². The lowest BCUT2D eigenvalue weighted by atomic mass is 10.5. The van der Waals surface area contributed by atoms with E-state index in [0.717, 1.165) is 18.2 Å². The minimum atomic E-state index is -0.861. The fourth-order valence-corrected chi connectivity index (χ4v) is 4.01. The van der Waals surface area contributed by atoms with Crippen molar-refractivity contribution in [3.63, 3.8) is 0 Å². The molecule has 0 aromatic carbocycles. The van der Waals surface area contributed by atoms with E-state index in [9.17, 15) is 9.00 Å². The van der Waals surface area contributed by atoms with E-state index in [1.54, 1.807) is 0 Å². The SMILES string of the molecule is O=C(O)CSc1nnc(N2CCS(=O)CC2)s1. The van der Waals surface area contributed by atoms with Crippen molar-refractivity contribution in [1.82, 2.24) is 10.2 Å². The first-order valence-corrected chi connectivity index (χ1v) is 8.22. The third kappa shape index (κ3) is 3.65. The number of aliphatic carboxylic acids is 1. The van der Waals surface area contributed by atoms with Crippen LogP contribution in [0.2, 0.25) is 0 Å². The van der Waals surface area contributed by atoms with Gasteiger partial charge in [-0.1, -0.05) is 23.1 Å². The number of thioether (sulfide) groups is 1. The lowest BCUT2D eigenvalue weighted by molar-refractivity contribution is -0.133. The molecule has 2 rings (SSSR count). The number of carboxylic acids is 1. The van der Waals surface area contributed by atoms with E-state index in [1.807, 2.05) is 4.90 Å². The van der Waals surface area contributed by atoms with Crippen LogP contribution >= 0.6 is 23.1 Å². The molecule has 0 amide bonds. The number of hydrogen-bond acceptors (Lipinski definition) is 7. The molecule has 0 atom stereocenters. The van der Waals surface area contributed by atoms with Gasteiger partial charge in [-0.2, -0.15) is 0 Å². The molecule has 1 saturated heterocycles. The second kappa shape index (κ2) is 5.78. The van der Waals surface area contributed by atoms with E-state index in [-0.39, 0.29) is 5.75 Å². The third-order valence-electron chi connectivity index (χ3n) is 2.16. The van der Waals surface area contributed by atoms with Crippen LogP contribution in [0, 0.1) is 0 Å². The molecular formula is C8H11N3O3S3. The summed E-state index contributed by atoms with van der Waals surface area (Å²) in [6.07, 6.45) is 0. The van der Waals surface area contributed by atoms with Gasteiger partial charge in [-0.15, -0.1) is 10.2 Å². The quantitative estimate of drug-likeness (QED) is 0.798. The fraction of sp³-hybridized carbons (Fsp3) is 0.625. The topological polar surface area (TPSA) is 83.4 Å². The molecule has 94 valence electrons. The van der Waals surface area contributed by atoms with Gasteiger partial charge in [-0.25, -0.2) is 0 Å². The Bertz CT molecular complexity index is 427. The van der Waals surface area contributed by atoms with Gasteiger partial charge in [0.25, 0.3) is 0 Å². The lowest BCUT2D eigenvalue weighted by Gasteiger charge is -2.24. The average molecular weight is 293 g/mol. The molecule has 0 radical (unpaired) electrons. The van der Waals surface area contributed by atoms with Crippen molar-refractivity contribution in [2.24, 2.45) is 0 Å². The molecule has 1 aromatic rings. The van der Waals surface area contributed by atoms with Gasteiger partial charge in [0.1, 0.15) is 0 Å². The van der Waals surface area contributed by atoms with Gasteiger partial charge in [0.15, 0.2) is 4.34 Å². The number of nitrogens with zero attached hydrogens (tertiary/aromatic N) is 3. The third-order valence-corrected chi connectivity index (χ3v) is 5.54. The van der Waals surface area contributed by atoms with Crippen LogP contribution < -0.4 is 4.90 Å². The second-order valence-corrected chi connectivity index (χ2v) is 7.24. The van der Waals surface area contributed by atoms with Crippen LogP contribution in [0.4, 0.5) is 5.13 Å². The Morgan fingerprint density at radius 2 is 2.18 bits per heavy atom. The summed E-state index contributed by atoms with van der Waals surface area (Å²) in [7, 11) is -0.706. The molecule has 1 fully saturated rings. The zero-order valence-corrected chi connectivity index (χ0v) is 11.3. The van der Waals surface area contributed by atoms with Crippen molar-refractivity contribution >= 4 is 45.0 Å². The molecule has 0 spiro atoms. The Kier molecular flexibility index (Phi) is 4.35. The number of carbonyl (C=O) groups is 1. The highest BCUT2D eigenvalue weighted by Gasteiger charge is 2.19. The van der Waals surface area contributed by atoms with Crippen molar-refractivity contribution in [2.45, 2.75) is 4.34 Å². The summed E-state index contributed by atoms with van der Waals surface area (Å²) < 4.78 is 11.9. The molecule has 1 aliphatic rings. The van der Waals surface area contributed by atoms with Gasteiger partial charge in [0.05, 0.1) is 5.75 Å². The van der Waals surface area contributed by atoms with Crippen LogP contribution in [-0.4, -0.2) is 55.8 Å². The predicted octanol–water partition coefficient (Wildman–Crippen LogP) is 0.284. The van der Waals surface area contributed by atoms with E-state index < -0.39 is 16.8 Å². The normalized spacial score (nSPS) is 17.3. The van der Waals surface area contributed by atoms with Crippen LogP contribution in [0.3, 0.4) is 0 Å². The standard InChI is InChI=1S/C8H11N3O3S3/c12-6(13)5-15-8-10-9-7(16-8)11-1-3-17(14)4-2-11/h1-5H2,(H,12,13). The molecule has 2 heterocycles. The van der Waals surface area contributed by atoms with E-state index in [0.29, 0.717) is 15.8 Å². The highest BCUT2D eigenvalue weighted by Crippen LogP contribution is 2.28. The van der Waals surface area contributed by atoms with E-state index >= 15 is 0 Å². The Morgan fingerprint density at radius 3 is 2.82 bits per heavy atom. The van der Waals surface area contributed by atoms with Crippen molar-refractivity contribution in [3.8, 4) is 0 Å². The summed E-state index contributed by atoms with van der Waals surface area (Å²) in [6, 6.07) is 0. The van der Waals surface area contributed by atoms with E-state index in [4.69, 9.17) is 5.11 Å². The lowest BCUT2D eigenvalue weighted by Crippen LogP contribution is -2.37. The van der Waals surface area contributed by atoms with E-state index in [1.165, 1.54) is 23.1 Å². The van der Waals surface area contributed by atoms with Crippen molar-refractivity contribution < 1.29 is 14.1 Å². The fourth-order valence-electron chi connectivity index (χ4n) is 1.34. The van der Waals surface area contributed by atoms with Crippen molar-refractivity contribution in [1.29, 1.82) is 0 Å². The van der Waals surface area contributed by atoms with Crippen LogP contribution in [0.25, 0.3) is 0 Å². The maximum atomic E-state index is 11.2. The molecule has 0 unspecified atom stereocenters. The summed E-state index contributed by atoms with van der Waals surface area (Å²) >= 11 is 2.56. The molecule has 1 N–H and O–H groups in total. The molecule has 9 heteroatoms. The summed E-state index contributed by atoms with van der Waals surface area (Å²) in [5.41, 5.74) is 0. The maximum Gasteiger partial charge on any atom is 0.313 e. The maximum absolute atomic E-state index is 11.2. The number of carboxylic acid groups (broad SMARTS) is 1. The Balaban J connectivity index is 1.93. The summed E-state index contributed by atoms with van der Waals surface area (Å²) in [6.45, 7) is 1.45. The molecule has 1 aromatic heterocycles. The molecule has 0 saturated carbocycles. The Hall–Kier alpha value is -0.670. The first-order valence-electron chi connectivity index (χ1n) is 4.93. The van der Waals surface area contributed by atoms with Crippen LogP contribution in [0.15, 0.2) is 4.34 Å². The number of anilines is 1. The first-order chi connectivity index (χ1) is 8.15. The van der Waals surface area contributed by atoms with Crippen LogP contribution in [-0.2, 0) is 15.6 Å². The minimum Gasteiger partial charge on any atom is -0.481 e. The highest BCUT2D eigenvalue weighted by molar-refractivity contribution is 8.01. The number of aromatic nitrogens is 2. The van der Waals surface area contributed by atoms with Gasteiger partial charge < -0.3 is 10.0 Å². The molecular weight excluding hydrogens is 282 g/mol. The van der Waals surface area contributed by atoms with Crippen LogP contribution in [0.5, 0.6) is 0 Å². The molecule has 1 aliphatic heterocycles. The van der Waals surface area contributed by atoms with Gasteiger partial charge in [-0.3, -0.25) is 9.00 Å². The largest absolute Gasteiger partial charge is 0.481 e. The average Bonchev–Trinajstić information content (AvgIpc) is 2.76. The predicted molar refractivity (Wildman–Crippen MR) is 68.4 cm³/mol. The highest BCUT2D eigenvalue weighted by atomic mass is 32.2. The molecule has 0 aliphatic carbocycles. The van der Waals surface area contributed by atoms with Gasteiger partial charge in [-0.05, 0) is 0 Å². The van der Waals surface area contributed by atoms with Gasteiger partial charge >= 0.3 is 5.97 Å².